The van der Waals surface area contributed by atoms with Gasteiger partial charge in [-0.15, -0.1) is 0 Å². The average Bonchev–Trinajstić information content (AvgIpc) is 3.21. The van der Waals surface area contributed by atoms with Crippen molar-refractivity contribution in [2.45, 2.75) is 51.2 Å². The molecule has 0 N–H and O–H groups in total. The summed E-state index contributed by atoms with van der Waals surface area (Å²) < 4.78 is 11.4. The lowest BCUT2D eigenvalue weighted by molar-refractivity contribution is -0.143. The fourth-order valence-corrected chi connectivity index (χ4v) is 4.76. The number of nitrogens with zero attached hydrogens (tertiary/aromatic N) is 3. The molecule has 6 nitrogen and oxygen atoms in total. The van der Waals surface area contributed by atoms with E-state index in [9.17, 15) is 4.79 Å². The summed E-state index contributed by atoms with van der Waals surface area (Å²) in [5.74, 6) is 1.23. The summed E-state index contributed by atoms with van der Waals surface area (Å²) in [5.41, 5.74) is 1.22. The standard InChI is InChI=1S/C23H35N3O3/c1-19-23(27)26-10-5-7-21(26)18-25(19)17-20-6-4-8-22(16-20)29-13-3-2-9-24-11-14-28-15-12-24/h4,6,8,16,19,21H,2-3,5,7,9-15,17-18H2,1H3/t19-,21-/m0/s1. The number of carbonyl (C=O) groups is 1. The minimum Gasteiger partial charge on any atom is -0.494 e. The molecule has 29 heavy (non-hydrogen) atoms. The van der Waals surface area contributed by atoms with Crippen molar-refractivity contribution in [3.8, 4) is 5.75 Å². The Bertz CT molecular complexity index is 677. The van der Waals surface area contributed by atoms with Crippen molar-refractivity contribution in [1.82, 2.24) is 14.7 Å². The van der Waals surface area contributed by atoms with E-state index < -0.39 is 0 Å². The predicted molar refractivity (Wildman–Crippen MR) is 113 cm³/mol. The lowest BCUT2D eigenvalue weighted by Crippen LogP contribution is -2.58. The summed E-state index contributed by atoms with van der Waals surface area (Å²) in [4.78, 5) is 19.5. The number of rotatable bonds is 8. The molecule has 0 unspecified atom stereocenters. The number of carbonyl (C=O) groups excluding carboxylic acids is 1. The molecule has 1 aromatic rings. The molecule has 0 aromatic heterocycles. The molecule has 3 aliphatic heterocycles. The Morgan fingerprint density at radius 3 is 2.90 bits per heavy atom. The summed E-state index contributed by atoms with van der Waals surface area (Å²) >= 11 is 0. The minimum absolute atomic E-state index is 0.0332. The molecule has 6 heteroatoms. The van der Waals surface area contributed by atoms with Gasteiger partial charge in [0.1, 0.15) is 5.75 Å². The second kappa shape index (κ2) is 9.92. The highest BCUT2D eigenvalue weighted by atomic mass is 16.5. The summed E-state index contributed by atoms with van der Waals surface area (Å²) in [6.45, 7) is 10.5. The highest BCUT2D eigenvalue weighted by molar-refractivity contribution is 5.83. The number of piperazine rings is 1. The second-order valence-corrected chi connectivity index (χ2v) is 8.59. The van der Waals surface area contributed by atoms with Crippen LogP contribution in [0.3, 0.4) is 0 Å². The quantitative estimate of drug-likeness (QED) is 0.626. The van der Waals surface area contributed by atoms with E-state index in [-0.39, 0.29) is 6.04 Å². The Kier molecular flexibility index (Phi) is 7.06. The van der Waals surface area contributed by atoms with Gasteiger partial charge in [0, 0.05) is 38.8 Å². The number of hydrogen-bond donors (Lipinski definition) is 0. The van der Waals surface area contributed by atoms with Gasteiger partial charge < -0.3 is 14.4 Å². The Hall–Kier alpha value is -1.63. The highest BCUT2D eigenvalue weighted by Gasteiger charge is 2.39. The van der Waals surface area contributed by atoms with Crippen molar-refractivity contribution in [1.29, 1.82) is 0 Å². The van der Waals surface area contributed by atoms with E-state index in [0.29, 0.717) is 11.9 Å². The Morgan fingerprint density at radius 1 is 1.17 bits per heavy atom. The smallest absolute Gasteiger partial charge is 0.239 e. The van der Waals surface area contributed by atoms with Crippen molar-refractivity contribution in [3.63, 3.8) is 0 Å². The van der Waals surface area contributed by atoms with Gasteiger partial charge in [-0.25, -0.2) is 0 Å². The maximum atomic E-state index is 12.6. The molecule has 3 heterocycles. The Labute approximate surface area is 174 Å². The van der Waals surface area contributed by atoms with Crippen LogP contribution in [0, 0.1) is 0 Å². The van der Waals surface area contributed by atoms with E-state index in [4.69, 9.17) is 9.47 Å². The number of unbranched alkanes of at least 4 members (excludes halogenated alkanes) is 1. The first-order valence-electron chi connectivity index (χ1n) is 11.3. The van der Waals surface area contributed by atoms with Gasteiger partial charge >= 0.3 is 0 Å². The van der Waals surface area contributed by atoms with Crippen LogP contribution in [0.1, 0.15) is 38.2 Å². The largest absolute Gasteiger partial charge is 0.494 e. The lowest BCUT2D eigenvalue weighted by Gasteiger charge is -2.41. The maximum absolute atomic E-state index is 12.6. The van der Waals surface area contributed by atoms with E-state index in [1.54, 1.807) is 0 Å². The molecule has 160 valence electrons. The van der Waals surface area contributed by atoms with Crippen LogP contribution < -0.4 is 4.74 Å². The van der Waals surface area contributed by atoms with E-state index in [2.05, 4.69) is 32.9 Å². The number of morpholine rings is 1. The molecule has 0 spiro atoms. The zero-order valence-corrected chi connectivity index (χ0v) is 17.7. The highest BCUT2D eigenvalue weighted by Crippen LogP contribution is 2.27. The summed E-state index contributed by atoms with van der Waals surface area (Å²) in [7, 11) is 0. The van der Waals surface area contributed by atoms with E-state index >= 15 is 0 Å². The van der Waals surface area contributed by atoms with Crippen molar-refractivity contribution in [2.75, 3.05) is 52.5 Å². The van der Waals surface area contributed by atoms with Crippen LogP contribution in [0.4, 0.5) is 0 Å². The lowest BCUT2D eigenvalue weighted by atomic mass is 10.1. The molecule has 1 amide bonds. The molecule has 0 aliphatic carbocycles. The maximum Gasteiger partial charge on any atom is 0.239 e. The van der Waals surface area contributed by atoms with Gasteiger partial charge in [-0.05, 0) is 56.8 Å². The topological polar surface area (TPSA) is 45.2 Å². The van der Waals surface area contributed by atoms with E-state index in [1.165, 1.54) is 5.56 Å². The Balaban J connectivity index is 1.22. The van der Waals surface area contributed by atoms with Crippen molar-refractivity contribution >= 4 is 5.91 Å². The van der Waals surface area contributed by atoms with Crippen LogP contribution in [0.2, 0.25) is 0 Å². The summed E-state index contributed by atoms with van der Waals surface area (Å²) in [5, 5.41) is 0. The van der Waals surface area contributed by atoms with Crippen molar-refractivity contribution in [3.05, 3.63) is 29.8 Å². The van der Waals surface area contributed by atoms with Crippen molar-refractivity contribution in [2.24, 2.45) is 0 Å². The number of hydrogen-bond acceptors (Lipinski definition) is 5. The normalized spacial score (nSPS) is 26.0. The van der Waals surface area contributed by atoms with Crippen LogP contribution in [-0.2, 0) is 16.1 Å². The number of amides is 1. The molecule has 3 saturated heterocycles. The Morgan fingerprint density at radius 2 is 2.03 bits per heavy atom. The van der Waals surface area contributed by atoms with Crippen molar-refractivity contribution < 1.29 is 14.3 Å². The first-order valence-corrected chi connectivity index (χ1v) is 11.3. The molecule has 3 aliphatic rings. The monoisotopic (exact) mass is 401 g/mol. The molecule has 2 atom stereocenters. The molecular formula is C23H35N3O3. The van der Waals surface area contributed by atoms with Crippen LogP contribution in [-0.4, -0.2) is 85.2 Å². The predicted octanol–water partition coefficient (Wildman–Crippen LogP) is 2.37. The van der Waals surface area contributed by atoms with Crippen LogP contribution in [0.15, 0.2) is 24.3 Å². The summed E-state index contributed by atoms with van der Waals surface area (Å²) in [6.07, 6.45) is 4.51. The number of benzene rings is 1. The third kappa shape index (κ3) is 5.30. The fourth-order valence-electron chi connectivity index (χ4n) is 4.76. The molecule has 0 bridgehead atoms. The van der Waals surface area contributed by atoms with Gasteiger partial charge in [-0.3, -0.25) is 14.6 Å². The fraction of sp³-hybridized carbons (Fsp3) is 0.696. The first kappa shape index (κ1) is 20.6. The SMILES string of the molecule is C[C@H]1C(=O)N2CCC[C@H]2CN1Cc1cccc(OCCCCN2CCOCC2)c1. The van der Waals surface area contributed by atoms with Gasteiger partial charge in [-0.2, -0.15) is 0 Å². The van der Waals surface area contributed by atoms with Crippen LogP contribution in [0.25, 0.3) is 0 Å². The summed E-state index contributed by atoms with van der Waals surface area (Å²) in [6, 6.07) is 8.76. The van der Waals surface area contributed by atoms with Gasteiger partial charge in [0.15, 0.2) is 0 Å². The third-order valence-electron chi connectivity index (χ3n) is 6.54. The number of ether oxygens (including phenoxy) is 2. The van der Waals surface area contributed by atoms with Gasteiger partial charge in [-0.1, -0.05) is 12.1 Å². The van der Waals surface area contributed by atoms with Gasteiger partial charge in [0.05, 0.1) is 25.9 Å². The minimum atomic E-state index is -0.0332. The average molecular weight is 402 g/mol. The van der Waals surface area contributed by atoms with Crippen LogP contribution >= 0.6 is 0 Å². The van der Waals surface area contributed by atoms with Gasteiger partial charge in [0.25, 0.3) is 0 Å². The zero-order chi connectivity index (χ0) is 20.1. The van der Waals surface area contributed by atoms with Gasteiger partial charge in [0.2, 0.25) is 5.91 Å². The molecule has 0 saturated carbocycles. The molecular weight excluding hydrogens is 366 g/mol. The molecule has 3 fully saturated rings. The zero-order valence-electron chi connectivity index (χ0n) is 17.7. The molecule has 0 radical (unpaired) electrons. The van der Waals surface area contributed by atoms with E-state index in [1.807, 2.05) is 13.0 Å². The molecule has 1 aromatic carbocycles. The third-order valence-corrected chi connectivity index (χ3v) is 6.54. The second-order valence-electron chi connectivity index (χ2n) is 8.59. The number of fused-ring (bicyclic) bond motifs is 1. The first-order chi connectivity index (χ1) is 14.2. The molecule has 4 rings (SSSR count). The van der Waals surface area contributed by atoms with E-state index in [0.717, 1.165) is 90.5 Å². The van der Waals surface area contributed by atoms with Crippen LogP contribution in [0.5, 0.6) is 5.75 Å².